The van der Waals surface area contributed by atoms with Gasteiger partial charge in [0.05, 0.1) is 22.2 Å². The highest BCUT2D eigenvalue weighted by Crippen LogP contribution is 2.35. The lowest BCUT2D eigenvalue weighted by Gasteiger charge is -2.09. The van der Waals surface area contributed by atoms with E-state index in [1.807, 2.05) is 0 Å². The lowest BCUT2D eigenvalue weighted by Crippen LogP contribution is -2.13. The van der Waals surface area contributed by atoms with Crippen LogP contribution in [-0.4, -0.2) is 20.9 Å². The van der Waals surface area contributed by atoms with E-state index in [-0.39, 0.29) is 11.4 Å². The zero-order chi connectivity index (χ0) is 11.8. The van der Waals surface area contributed by atoms with E-state index in [0.717, 1.165) is 12.1 Å². The number of nitrogen functional groups attached to an aromatic ring is 2. The zero-order valence-corrected chi connectivity index (χ0v) is 8.31. The fourth-order valence-electron chi connectivity index (χ4n) is 1.00. The van der Waals surface area contributed by atoms with Gasteiger partial charge in [-0.2, -0.15) is 0 Å². The Labute approximate surface area is 84.5 Å². The summed E-state index contributed by atoms with van der Waals surface area (Å²) in [4.78, 5) is 28.3. The molecule has 15 heavy (non-hydrogen) atoms. The second-order valence-electron chi connectivity index (χ2n) is 2.85. The molecule has 0 spiro atoms. The molecule has 8 heteroatoms. The van der Waals surface area contributed by atoms with E-state index in [9.17, 15) is 9.36 Å². The fraction of sp³-hybridized carbons (Fsp3) is 0. The number of rotatable bonds is 2. The summed E-state index contributed by atoms with van der Waals surface area (Å²) in [5.74, 6) is -1.39. The van der Waals surface area contributed by atoms with Crippen LogP contribution >= 0.6 is 7.60 Å². The number of nitrogens with two attached hydrogens (primary N) is 2. The van der Waals surface area contributed by atoms with Crippen molar-refractivity contribution in [2.45, 2.75) is 0 Å². The highest BCUT2D eigenvalue weighted by atomic mass is 31.2. The van der Waals surface area contributed by atoms with Gasteiger partial charge in [-0.25, -0.2) is 4.79 Å². The first kappa shape index (κ1) is 11.5. The van der Waals surface area contributed by atoms with E-state index in [2.05, 4.69) is 0 Å². The van der Waals surface area contributed by atoms with Gasteiger partial charge in [0.1, 0.15) is 0 Å². The molecule has 0 amide bonds. The minimum Gasteiger partial charge on any atom is -0.478 e. The average Bonchev–Trinajstić information content (AvgIpc) is 2.06. The van der Waals surface area contributed by atoms with Crippen LogP contribution in [0.25, 0.3) is 0 Å². The molecule has 0 aromatic heterocycles. The van der Waals surface area contributed by atoms with Crippen molar-refractivity contribution in [3.8, 4) is 0 Å². The second-order valence-corrected chi connectivity index (χ2v) is 4.45. The highest BCUT2D eigenvalue weighted by Gasteiger charge is 2.22. The van der Waals surface area contributed by atoms with Crippen LogP contribution in [0.3, 0.4) is 0 Å². The second kappa shape index (κ2) is 3.54. The minimum absolute atomic E-state index is 0.173. The SMILES string of the molecule is Nc1cc(P(=O)(O)O)cc(C(=O)O)c1N. The third-order valence-electron chi connectivity index (χ3n) is 1.76. The number of anilines is 2. The van der Waals surface area contributed by atoms with Crippen molar-refractivity contribution in [1.82, 2.24) is 0 Å². The van der Waals surface area contributed by atoms with Gasteiger partial charge in [0.2, 0.25) is 0 Å². The van der Waals surface area contributed by atoms with Crippen LogP contribution in [0, 0.1) is 0 Å². The summed E-state index contributed by atoms with van der Waals surface area (Å²) in [5.41, 5.74) is 9.86. The molecule has 0 aliphatic heterocycles. The Bertz CT molecular complexity index is 467. The number of aromatic carboxylic acids is 1. The van der Waals surface area contributed by atoms with Gasteiger partial charge in [0, 0.05) is 0 Å². The quantitative estimate of drug-likeness (QED) is 0.336. The molecule has 82 valence electrons. The molecule has 0 aliphatic rings. The van der Waals surface area contributed by atoms with Gasteiger partial charge < -0.3 is 26.4 Å². The van der Waals surface area contributed by atoms with Crippen molar-refractivity contribution >= 4 is 30.2 Å². The van der Waals surface area contributed by atoms with Gasteiger partial charge in [-0.1, -0.05) is 0 Å². The van der Waals surface area contributed by atoms with Crippen LogP contribution in [0.1, 0.15) is 10.4 Å². The molecule has 0 heterocycles. The molecule has 1 rings (SSSR count). The summed E-state index contributed by atoms with van der Waals surface area (Å²) in [6.07, 6.45) is 0. The summed E-state index contributed by atoms with van der Waals surface area (Å²) in [6.45, 7) is 0. The zero-order valence-electron chi connectivity index (χ0n) is 7.41. The first-order valence-electron chi connectivity index (χ1n) is 3.72. The molecule has 0 radical (unpaired) electrons. The summed E-state index contributed by atoms with van der Waals surface area (Å²) in [5, 5.41) is 8.23. The third kappa shape index (κ3) is 2.27. The van der Waals surface area contributed by atoms with Crippen LogP contribution in [-0.2, 0) is 4.57 Å². The Morgan fingerprint density at radius 1 is 1.27 bits per heavy atom. The standard InChI is InChI=1S/C7H9N2O5P/c8-5-2-3(15(12,13)14)1-4(6(5)9)7(10)11/h1-2H,8-9H2,(H,10,11)(H2,12,13,14). The van der Waals surface area contributed by atoms with E-state index in [1.165, 1.54) is 0 Å². The van der Waals surface area contributed by atoms with Crippen LogP contribution < -0.4 is 16.8 Å². The molecule has 7 N–H and O–H groups in total. The van der Waals surface area contributed by atoms with Gasteiger partial charge in [-0.05, 0) is 12.1 Å². The molecule has 1 aromatic rings. The van der Waals surface area contributed by atoms with Gasteiger partial charge in [-0.3, -0.25) is 4.57 Å². The first-order chi connectivity index (χ1) is 6.73. The van der Waals surface area contributed by atoms with E-state index in [1.54, 1.807) is 0 Å². The normalized spacial score (nSPS) is 11.3. The highest BCUT2D eigenvalue weighted by molar-refractivity contribution is 7.60. The lowest BCUT2D eigenvalue weighted by atomic mass is 10.1. The van der Waals surface area contributed by atoms with E-state index in [0.29, 0.717) is 0 Å². The van der Waals surface area contributed by atoms with E-state index >= 15 is 0 Å². The monoisotopic (exact) mass is 232 g/mol. The molecule has 0 atom stereocenters. The predicted molar refractivity (Wildman–Crippen MR) is 53.9 cm³/mol. The summed E-state index contributed by atoms with van der Waals surface area (Å²) in [6, 6.07) is 1.78. The molecule has 0 fully saturated rings. The first-order valence-corrected chi connectivity index (χ1v) is 5.33. The Morgan fingerprint density at radius 2 is 1.80 bits per heavy atom. The van der Waals surface area contributed by atoms with Crippen molar-refractivity contribution in [2.24, 2.45) is 0 Å². The molecule has 0 saturated heterocycles. The molecule has 0 unspecified atom stereocenters. The smallest absolute Gasteiger partial charge is 0.356 e. The minimum atomic E-state index is -4.53. The lowest BCUT2D eigenvalue weighted by molar-refractivity contribution is 0.0698. The van der Waals surface area contributed by atoms with Gasteiger partial charge >= 0.3 is 13.6 Å². The predicted octanol–water partition coefficient (Wildman–Crippen LogP) is -0.648. The van der Waals surface area contributed by atoms with Crippen molar-refractivity contribution in [2.75, 3.05) is 11.5 Å². The molecular formula is C7H9N2O5P. The van der Waals surface area contributed by atoms with Gasteiger partial charge in [0.25, 0.3) is 0 Å². The van der Waals surface area contributed by atoms with Crippen LogP contribution in [0.4, 0.5) is 11.4 Å². The number of hydrogen-bond donors (Lipinski definition) is 5. The van der Waals surface area contributed by atoms with Crippen molar-refractivity contribution in [3.05, 3.63) is 17.7 Å². The van der Waals surface area contributed by atoms with Crippen LogP contribution in [0.5, 0.6) is 0 Å². The summed E-state index contributed by atoms with van der Waals surface area (Å²) < 4.78 is 10.9. The number of carboxylic acids is 1. The summed E-state index contributed by atoms with van der Waals surface area (Å²) >= 11 is 0. The summed E-state index contributed by atoms with van der Waals surface area (Å²) in [7, 11) is -4.53. The third-order valence-corrected chi connectivity index (χ3v) is 2.69. The van der Waals surface area contributed by atoms with Crippen LogP contribution in [0.15, 0.2) is 12.1 Å². The Morgan fingerprint density at radius 3 is 2.20 bits per heavy atom. The maximum Gasteiger partial charge on any atom is 0.356 e. The van der Waals surface area contributed by atoms with Crippen LogP contribution in [0.2, 0.25) is 0 Å². The van der Waals surface area contributed by atoms with E-state index in [4.69, 9.17) is 26.4 Å². The van der Waals surface area contributed by atoms with Crippen molar-refractivity contribution in [3.63, 3.8) is 0 Å². The van der Waals surface area contributed by atoms with E-state index < -0.39 is 24.4 Å². The van der Waals surface area contributed by atoms with Gasteiger partial charge in [-0.15, -0.1) is 0 Å². The largest absolute Gasteiger partial charge is 0.478 e. The van der Waals surface area contributed by atoms with Crippen molar-refractivity contribution < 1.29 is 24.3 Å². The number of benzene rings is 1. The Hall–Kier alpha value is -1.56. The Balaban J connectivity index is 3.50. The molecular weight excluding hydrogens is 223 g/mol. The maximum absolute atomic E-state index is 10.9. The molecule has 0 bridgehead atoms. The number of carboxylic acid groups (broad SMARTS) is 1. The average molecular weight is 232 g/mol. The Kier molecular flexibility index (Phi) is 2.72. The fourth-order valence-corrected chi connectivity index (χ4v) is 1.61. The van der Waals surface area contributed by atoms with Gasteiger partial charge in [0.15, 0.2) is 0 Å². The molecule has 0 aliphatic carbocycles. The molecule has 1 aromatic carbocycles. The number of carbonyl (C=O) groups is 1. The molecule has 0 saturated carbocycles. The topological polar surface area (TPSA) is 147 Å². The van der Waals surface area contributed by atoms with Crippen molar-refractivity contribution in [1.29, 1.82) is 0 Å². The number of hydrogen-bond acceptors (Lipinski definition) is 4. The molecule has 7 nitrogen and oxygen atoms in total. The maximum atomic E-state index is 10.9.